The van der Waals surface area contributed by atoms with Gasteiger partial charge in [0.15, 0.2) is 6.00 Å². The molecule has 4 nitrogen and oxygen atoms in total. The Bertz CT molecular complexity index is 584. The molecule has 3 rings (SSSR count). The van der Waals surface area contributed by atoms with Gasteiger partial charge in [-0.1, -0.05) is 55.3 Å². The molecule has 0 aliphatic carbocycles. The van der Waals surface area contributed by atoms with E-state index < -0.39 is 0 Å². The van der Waals surface area contributed by atoms with Gasteiger partial charge in [0.25, 0.3) is 0 Å². The summed E-state index contributed by atoms with van der Waals surface area (Å²) in [6.07, 6.45) is 3.31. The van der Waals surface area contributed by atoms with Crippen LogP contribution >= 0.6 is 0 Å². The molecular formula is C19H28BNO3. The third-order valence-electron chi connectivity index (χ3n) is 5.50. The lowest BCUT2D eigenvalue weighted by Crippen LogP contribution is -2.41. The number of oxime groups is 1. The summed E-state index contributed by atoms with van der Waals surface area (Å²) < 4.78 is 12.4. The Kier molecular flexibility index (Phi) is 4.76. The maximum atomic E-state index is 6.22. The van der Waals surface area contributed by atoms with Crippen molar-refractivity contribution in [3.8, 4) is 0 Å². The van der Waals surface area contributed by atoms with Crippen LogP contribution in [0.2, 0.25) is 0 Å². The zero-order valence-corrected chi connectivity index (χ0v) is 15.4. The molecule has 2 unspecified atom stereocenters. The second kappa shape index (κ2) is 6.53. The van der Waals surface area contributed by atoms with E-state index in [9.17, 15) is 0 Å². The first-order valence-electron chi connectivity index (χ1n) is 9.00. The van der Waals surface area contributed by atoms with Gasteiger partial charge in [-0.15, -0.1) is 0 Å². The van der Waals surface area contributed by atoms with Gasteiger partial charge in [0.2, 0.25) is 0 Å². The molecule has 0 aromatic heterocycles. The van der Waals surface area contributed by atoms with E-state index >= 15 is 0 Å². The maximum Gasteiger partial charge on any atom is 0.505 e. The van der Waals surface area contributed by atoms with Crippen LogP contribution in [0.25, 0.3) is 0 Å². The SMILES string of the molecule is CCCCC1C(c2ccccc2)=NOC1B1OC(C)(C)C(C)(C)O1. The van der Waals surface area contributed by atoms with Crippen molar-refractivity contribution in [3.63, 3.8) is 0 Å². The van der Waals surface area contributed by atoms with Gasteiger partial charge in [0, 0.05) is 5.92 Å². The Morgan fingerprint density at radius 2 is 1.67 bits per heavy atom. The average Bonchev–Trinajstić information content (AvgIpc) is 3.04. The minimum Gasteiger partial charge on any atom is -0.401 e. The second-order valence-corrected chi connectivity index (χ2v) is 7.79. The first-order valence-corrected chi connectivity index (χ1v) is 9.00. The van der Waals surface area contributed by atoms with E-state index in [0.717, 1.165) is 30.5 Å². The molecule has 5 heteroatoms. The molecule has 1 aromatic rings. The third kappa shape index (κ3) is 3.12. The molecule has 2 atom stereocenters. The zero-order chi connectivity index (χ0) is 17.4. The normalized spacial score (nSPS) is 27.9. The fourth-order valence-electron chi connectivity index (χ4n) is 3.28. The number of hydrogen-bond donors (Lipinski definition) is 0. The smallest absolute Gasteiger partial charge is 0.401 e. The van der Waals surface area contributed by atoms with Gasteiger partial charge >= 0.3 is 7.12 Å². The fourth-order valence-corrected chi connectivity index (χ4v) is 3.28. The van der Waals surface area contributed by atoms with Gasteiger partial charge in [-0.05, 0) is 39.7 Å². The largest absolute Gasteiger partial charge is 0.505 e. The zero-order valence-electron chi connectivity index (χ0n) is 15.4. The Morgan fingerprint density at radius 3 is 2.25 bits per heavy atom. The van der Waals surface area contributed by atoms with E-state index in [0.29, 0.717) is 0 Å². The molecule has 1 saturated heterocycles. The highest BCUT2D eigenvalue weighted by Crippen LogP contribution is 2.41. The average molecular weight is 329 g/mol. The molecule has 1 aromatic carbocycles. The van der Waals surface area contributed by atoms with Gasteiger partial charge in [-0.2, -0.15) is 0 Å². The summed E-state index contributed by atoms with van der Waals surface area (Å²) in [6.45, 7) is 10.5. The van der Waals surface area contributed by atoms with Crippen molar-refractivity contribution in [2.24, 2.45) is 11.1 Å². The van der Waals surface area contributed by atoms with Gasteiger partial charge in [-0.3, -0.25) is 0 Å². The summed E-state index contributed by atoms with van der Waals surface area (Å²) in [4.78, 5) is 5.84. The molecule has 2 heterocycles. The number of unbranched alkanes of at least 4 members (excludes halogenated alkanes) is 1. The summed E-state index contributed by atoms with van der Waals surface area (Å²) in [5.41, 5.74) is 1.43. The Balaban J connectivity index is 1.82. The lowest BCUT2D eigenvalue weighted by molar-refractivity contribution is 0.00578. The number of rotatable bonds is 5. The summed E-state index contributed by atoms with van der Waals surface area (Å²) in [5, 5.41) is 4.42. The van der Waals surface area contributed by atoms with Crippen molar-refractivity contribution in [1.82, 2.24) is 0 Å². The Morgan fingerprint density at radius 1 is 1.04 bits per heavy atom. The van der Waals surface area contributed by atoms with E-state index in [1.165, 1.54) is 0 Å². The van der Waals surface area contributed by atoms with Crippen molar-refractivity contribution in [3.05, 3.63) is 35.9 Å². The van der Waals surface area contributed by atoms with Gasteiger partial charge in [0.05, 0.1) is 16.9 Å². The van der Waals surface area contributed by atoms with Crippen molar-refractivity contribution >= 4 is 12.8 Å². The third-order valence-corrected chi connectivity index (χ3v) is 5.50. The van der Waals surface area contributed by atoms with E-state index in [1.54, 1.807) is 0 Å². The monoisotopic (exact) mass is 329 g/mol. The van der Waals surface area contributed by atoms with Crippen LogP contribution in [0.15, 0.2) is 35.5 Å². The minimum absolute atomic E-state index is 0.187. The van der Waals surface area contributed by atoms with E-state index in [4.69, 9.17) is 14.1 Å². The highest BCUT2D eigenvalue weighted by atomic mass is 16.7. The minimum atomic E-state index is -0.387. The summed E-state index contributed by atoms with van der Waals surface area (Å²) in [6, 6.07) is 10.1. The molecule has 2 aliphatic heterocycles. The molecular weight excluding hydrogens is 301 g/mol. The van der Waals surface area contributed by atoms with Crippen molar-refractivity contribution < 1.29 is 14.1 Å². The maximum absolute atomic E-state index is 6.22. The molecule has 0 saturated carbocycles. The van der Waals surface area contributed by atoms with Crippen molar-refractivity contribution in [2.45, 2.75) is 71.1 Å². The fraction of sp³-hybridized carbons (Fsp3) is 0.632. The number of nitrogens with zero attached hydrogens (tertiary/aromatic N) is 1. The van der Waals surface area contributed by atoms with Crippen molar-refractivity contribution in [1.29, 1.82) is 0 Å². The van der Waals surface area contributed by atoms with Gasteiger partial charge < -0.3 is 14.1 Å². The second-order valence-electron chi connectivity index (χ2n) is 7.79. The van der Waals surface area contributed by atoms with E-state index in [2.05, 4.69) is 51.9 Å². The number of hydrogen-bond acceptors (Lipinski definition) is 4. The Hall–Kier alpha value is -1.33. The van der Waals surface area contributed by atoms with Crippen LogP contribution < -0.4 is 0 Å². The summed E-state index contributed by atoms with van der Waals surface area (Å²) in [5.74, 6) is 0.196. The van der Waals surface area contributed by atoms with Crippen LogP contribution in [0.5, 0.6) is 0 Å². The predicted molar refractivity (Wildman–Crippen MR) is 96.9 cm³/mol. The molecule has 1 fully saturated rings. The number of benzene rings is 1. The molecule has 2 aliphatic rings. The first-order chi connectivity index (χ1) is 11.4. The van der Waals surface area contributed by atoms with Crippen molar-refractivity contribution in [2.75, 3.05) is 0 Å². The van der Waals surface area contributed by atoms with Crippen LogP contribution in [0.4, 0.5) is 0 Å². The quantitative estimate of drug-likeness (QED) is 0.759. The summed E-state index contributed by atoms with van der Waals surface area (Å²) in [7, 11) is -0.387. The molecule has 0 radical (unpaired) electrons. The highest BCUT2D eigenvalue weighted by Gasteiger charge is 2.58. The predicted octanol–water partition coefficient (Wildman–Crippen LogP) is 4.23. The molecule has 0 N–H and O–H groups in total. The van der Waals surface area contributed by atoms with Crippen LogP contribution in [0.3, 0.4) is 0 Å². The summed E-state index contributed by atoms with van der Waals surface area (Å²) >= 11 is 0. The standard InChI is InChI=1S/C19H28BNO3/c1-6-7-13-15-16(14-11-9-8-10-12-14)21-22-17(15)20-23-18(2,3)19(4,5)24-20/h8-12,15,17H,6-7,13H2,1-5H3. The molecule has 130 valence electrons. The molecule has 24 heavy (non-hydrogen) atoms. The topological polar surface area (TPSA) is 40.0 Å². The van der Waals surface area contributed by atoms with E-state index in [-0.39, 0.29) is 30.2 Å². The first kappa shape index (κ1) is 17.5. The van der Waals surface area contributed by atoms with Crippen LogP contribution in [-0.4, -0.2) is 30.0 Å². The molecule has 0 bridgehead atoms. The van der Waals surface area contributed by atoms with Gasteiger partial charge in [-0.25, -0.2) is 0 Å². The Labute approximate surface area is 145 Å². The molecule has 0 amide bonds. The highest BCUT2D eigenvalue weighted by molar-refractivity contribution is 6.48. The lowest BCUT2D eigenvalue weighted by atomic mass is 9.70. The van der Waals surface area contributed by atoms with Crippen LogP contribution in [0.1, 0.15) is 59.4 Å². The van der Waals surface area contributed by atoms with Gasteiger partial charge in [0.1, 0.15) is 0 Å². The lowest BCUT2D eigenvalue weighted by Gasteiger charge is -2.32. The van der Waals surface area contributed by atoms with E-state index in [1.807, 2.05) is 18.2 Å². The van der Waals surface area contributed by atoms with Crippen LogP contribution in [-0.2, 0) is 14.1 Å². The molecule has 0 spiro atoms. The van der Waals surface area contributed by atoms with Crippen LogP contribution in [0, 0.1) is 5.92 Å².